The second-order valence-corrected chi connectivity index (χ2v) is 6.64. The molecule has 0 fully saturated rings. The van der Waals surface area contributed by atoms with Crippen molar-refractivity contribution in [1.29, 1.82) is 5.26 Å². The predicted molar refractivity (Wildman–Crippen MR) is 109 cm³/mol. The standard InChI is InChI=1S/C22H18N4O2/c1-2-3-10-26-19-9-8-14(11-15(13-23)22(27)28)12-16(19)20-21(26)25-18-7-5-4-6-17(18)24-20/h4-9,11-12H,2-3,10H2,1H3,(H,27,28)/b15-11+. The van der Waals surface area contributed by atoms with Crippen molar-refractivity contribution in [2.45, 2.75) is 26.3 Å². The van der Waals surface area contributed by atoms with Crippen LogP contribution in [0, 0.1) is 11.3 Å². The molecule has 2 aromatic heterocycles. The predicted octanol–water partition coefficient (Wildman–Crippen LogP) is 4.53. The minimum atomic E-state index is -1.24. The molecular weight excluding hydrogens is 352 g/mol. The fraction of sp³-hybridized carbons (Fsp3) is 0.182. The second-order valence-electron chi connectivity index (χ2n) is 6.64. The molecule has 2 aromatic carbocycles. The van der Waals surface area contributed by atoms with E-state index in [9.17, 15) is 4.79 Å². The Morgan fingerprint density at radius 3 is 2.64 bits per heavy atom. The Labute approximate surface area is 161 Å². The number of benzene rings is 2. The third-order valence-electron chi connectivity index (χ3n) is 4.77. The molecule has 0 unspecified atom stereocenters. The molecule has 6 nitrogen and oxygen atoms in total. The number of nitrogens with zero attached hydrogens (tertiary/aromatic N) is 4. The van der Waals surface area contributed by atoms with Crippen molar-refractivity contribution in [3.8, 4) is 6.07 Å². The second kappa shape index (κ2) is 7.12. The first-order chi connectivity index (χ1) is 13.6. The summed E-state index contributed by atoms with van der Waals surface area (Å²) in [6.45, 7) is 2.98. The Bertz CT molecular complexity index is 1290. The van der Waals surface area contributed by atoms with Crippen LogP contribution in [0.2, 0.25) is 0 Å². The number of carbonyl (C=O) groups is 1. The molecule has 0 spiro atoms. The number of aryl methyl sites for hydroxylation is 1. The fourth-order valence-electron chi connectivity index (χ4n) is 3.39. The minimum absolute atomic E-state index is 0.300. The van der Waals surface area contributed by atoms with Crippen molar-refractivity contribution < 1.29 is 9.90 Å². The van der Waals surface area contributed by atoms with E-state index in [4.69, 9.17) is 20.3 Å². The Morgan fingerprint density at radius 1 is 1.21 bits per heavy atom. The average molecular weight is 370 g/mol. The third kappa shape index (κ3) is 2.97. The number of aliphatic carboxylic acids is 1. The van der Waals surface area contributed by atoms with Gasteiger partial charge in [0.15, 0.2) is 5.65 Å². The van der Waals surface area contributed by atoms with Gasteiger partial charge in [-0.05, 0) is 42.3 Å². The maximum atomic E-state index is 11.2. The van der Waals surface area contributed by atoms with Crippen molar-refractivity contribution in [1.82, 2.24) is 14.5 Å². The number of nitriles is 1. The lowest BCUT2D eigenvalue weighted by Gasteiger charge is -2.06. The average Bonchev–Trinajstić information content (AvgIpc) is 3.00. The van der Waals surface area contributed by atoms with Crippen molar-refractivity contribution >= 4 is 45.1 Å². The number of unbranched alkanes of at least 4 members (excludes halogenated alkanes) is 1. The van der Waals surface area contributed by atoms with Crippen LogP contribution in [-0.4, -0.2) is 25.6 Å². The zero-order valence-electron chi connectivity index (χ0n) is 15.4. The zero-order valence-corrected chi connectivity index (χ0v) is 15.4. The van der Waals surface area contributed by atoms with E-state index in [2.05, 4.69) is 11.5 Å². The molecule has 6 heteroatoms. The number of carboxylic acids is 1. The van der Waals surface area contributed by atoms with Crippen LogP contribution in [0.5, 0.6) is 0 Å². The molecule has 0 saturated heterocycles. The van der Waals surface area contributed by atoms with Gasteiger partial charge in [0, 0.05) is 11.9 Å². The first-order valence-electron chi connectivity index (χ1n) is 9.16. The summed E-state index contributed by atoms with van der Waals surface area (Å²) in [7, 11) is 0. The van der Waals surface area contributed by atoms with Crippen LogP contribution in [0.25, 0.3) is 39.2 Å². The molecule has 0 radical (unpaired) electrons. The maximum Gasteiger partial charge on any atom is 0.346 e. The molecule has 28 heavy (non-hydrogen) atoms. The molecule has 138 valence electrons. The van der Waals surface area contributed by atoms with Gasteiger partial charge in [0.1, 0.15) is 17.2 Å². The lowest BCUT2D eigenvalue weighted by Crippen LogP contribution is -1.99. The molecule has 0 aliphatic heterocycles. The number of hydrogen-bond acceptors (Lipinski definition) is 4. The lowest BCUT2D eigenvalue weighted by atomic mass is 10.1. The summed E-state index contributed by atoms with van der Waals surface area (Å²) >= 11 is 0. The number of rotatable bonds is 5. The quantitative estimate of drug-likeness (QED) is 0.412. The Kier molecular flexibility index (Phi) is 4.50. The summed E-state index contributed by atoms with van der Waals surface area (Å²) in [6, 6.07) is 15.1. The van der Waals surface area contributed by atoms with Crippen LogP contribution in [0.1, 0.15) is 25.3 Å². The van der Waals surface area contributed by atoms with E-state index in [0.29, 0.717) is 5.56 Å². The van der Waals surface area contributed by atoms with Gasteiger partial charge in [-0.2, -0.15) is 5.26 Å². The summed E-state index contributed by atoms with van der Waals surface area (Å²) in [6.07, 6.45) is 3.46. The van der Waals surface area contributed by atoms with Gasteiger partial charge in [-0.25, -0.2) is 14.8 Å². The van der Waals surface area contributed by atoms with Crippen LogP contribution >= 0.6 is 0 Å². The summed E-state index contributed by atoms with van der Waals surface area (Å²) < 4.78 is 2.17. The molecule has 4 aromatic rings. The number of fused-ring (bicyclic) bond motifs is 4. The first kappa shape index (κ1) is 17.7. The van der Waals surface area contributed by atoms with Gasteiger partial charge in [0.05, 0.1) is 16.6 Å². The van der Waals surface area contributed by atoms with Crippen molar-refractivity contribution in [3.05, 3.63) is 53.6 Å². The molecule has 4 rings (SSSR count). The van der Waals surface area contributed by atoms with E-state index in [1.165, 1.54) is 6.08 Å². The molecule has 0 amide bonds. The van der Waals surface area contributed by atoms with Crippen LogP contribution in [0.3, 0.4) is 0 Å². The number of para-hydroxylation sites is 2. The Morgan fingerprint density at radius 2 is 1.96 bits per heavy atom. The first-order valence-corrected chi connectivity index (χ1v) is 9.16. The molecule has 1 N–H and O–H groups in total. The van der Waals surface area contributed by atoms with E-state index >= 15 is 0 Å². The van der Waals surface area contributed by atoms with Gasteiger partial charge in [-0.1, -0.05) is 31.5 Å². The van der Waals surface area contributed by atoms with E-state index in [0.717, 1.165) is 52.5 Å². The summed E-state index contributed by atoms with van der Waals surface area (Å²) in [4.78, 5) is 20.8. The van der Waals surface area contributed by atoms with Crippen LogP contribution in [0.4, 0.5) is 0 Å². The van der Waals surface area contributed by atoms with Gasteiger partial charge < -0.3 is 9.67 Å². The van der Waals surface area contributed by atoms with E-state index in [1.807, 2.05) is 42.5 Å². The van der Waals surface area contributed by atoms with Gasteiger partial charge in [-0.3, -0.25) is 0 Å². The van der Waals surface area contributed by atoms with Crippen molar-refractivity contribution in [2.24, 2.45) is 0 Å². The normalized spacial score (nSPS) is 11.9. The van der Waals surface area contributed by atoms with Crippen molar-refractivity contribution in [2.75, 3.05) is 0 Å². The molecule has 0 aliphatic rings. The minimum Gasteiger partial charge on any atom is -0.477 e. The van der Waals surface area contributed by atoms with E-state index in [1.54, 1.807) is 6.07 Å². The van der Waals surface area contributed by atoms with Gasteiger partial charge in [-0.15, -0.1) is 0 Å². The Balaban J connectivity index is 2.02. The summed E-state index contributed by atoms with van der Waals surface area (Å²) in [5.41, 5.74) is 4.62. The number of carboxylic acid groups (broad SMARTS) is 1. The molecule has 0 aliphatic carbocycles. The SMILES string of the molecule is CCCCn1c2ccc(/C=C(\C#N)C(=O)O)cc2c2nc3ccccc3nc21. The monoisotopic (exact) mass is 370 g/mol. The van der Waals surface area contributed by atoms with Gasteiger partial charge in [0.2, 0.25) is 0 Å². The van der Waals surface area contributed by atoms with E-state index < -0.39 is 5.97 Å². The summed E-state index contributed by atoms with van der Waals surface area (Å²) in [5, 5.41) is 19.1. The van der Waals surface area contributed by atoms with Gasteiger partial charge >= 0.3 is 5.97 Å². The molecule has 0 bridgehead atoms. The highest BCUT2D eigenvalue weighted by Crippen LogP contribution is 2.30. The van der Waals surface area contributed by atoms with E-state index in [-0.39, 0.29) is 5.57 Å². The molecule has 2 heterocycles. The molecule has 0 saturated carbocycles. The van der Waals surface area contributed by atoms with Crippen LogP contribution in [-0.2, 0) is 11.3 Å². The van der Waals surface area contributed by atoms with Crippen LogP contribution in [0.15, 0.2) is 48.0 Å². The highest BCUT2D eigenvalue weighted by molar-refractivity contribution is 6.07. The zero-order chi connectivity index (χ0) is 19.7. The number of hydrogen-bond donors (Lipinski definition) is 1. The fourth-order valence-corrected chi connectivity index (χ4v) is 3.39. The highest BCUT2D eigenvalue weighted by Gasteiger charge is 2.15. The Hall–Kier alpha value is -3.72. The molecule has 0 atom stereocenters. The number of aromatic nitrogens is 3. The van der Waals surface area contributed by atoms with Crippen LogP contribution < -0.4 is 0 Å². The smallest absolute Gasteiger partial charge is 0.346 e. The maximum absolute atomic E-state index is 11.2. The molecular formula is C22H18N4O2. The van der Waals surface area contributed by atoms with Gasteiger partial charge in [0.25, 0.3) is 0 Å². The third-order valence-corrected chi connectivity index (χ3v) is 4.77. The highest BCUT2D eigenvalue weighted by atomic mass is 16.4. The van der Waals surface area contributed by atoms with Crippen molar-refractivity contribution in [3.63, 3.8) is 0 Å². The lowest BCUT2D eigenvalue weighted by molar-refractivity contribution is -0.132. The topological polar surface area (TPSA) is 91.8 Å². The summed E-state index contributed by atoms with van der Waals surface area (Å²) in [5.74, 6) is -1.24. The largest absolute Gasteiger partial charge is 0.477 e.